The minimum absolute atomic E-state index is 0.152. The fraction of sp³-hybridized carbons (Fsp3) is 0.400. The van der Waals surface area contributed by atoms with E-state index in [1.807, 2.05) is 11.0 Å². The van der Waals surface area contributed by atoms with E-state index in [0.717, 1.165) is 32.7 Å². The van der Waals surface area contributed by atoms with Gasteiger partial charge < -0.3 is 9.64 Å². The smallest absolute Gasteiger partial charge is 0.231 e. The first-order chi connectivity index (χ1) is 13.7. The van der Waals surface area contributed by atoms with Gasteiger partial charge in [-0.2, -0.15) is 4.52 Å². The highest BCUT2D eigenvalue weighted by atomic mass is 16.5. The third kappa shape index (κ3) is 4.12. The summed E-state index contributed by atoms with van der Waals surface area (Å²) in [5.74, 6) is 1.32. The van der Waals surface area contributed by atoms with E-state index in [2.05, 4.69) is 44.5 Å². The van der Waals surface area contributed by atoms with Crippen molar-refractivity contribution >= 4 is 11.6 Å². The Morgan fingerprint density at radius 3 is 2.57 bits per heavy atom. The second-order valence-electron chi connectivity index (χ2n) is 6.90. The van der Waals surface area contributed by atoms with Crippen molar-refractivity contribution in [3.63, 3.8) is 0 Å². The Bertz CT molecular complexity index is 934. The van der Waals surface area contributed by atoms with Crippen molar-refractivity contribution in [3.05, 3.63) is 53.9 Å². The molecule has 0 radical (unpaired) electrons. The molecule has 1 fully saturated rings. The quantitative estimate of drug-likeness (QED) is 0.644. The van der Waals surface area contributed by atoms with Gasteiger partial charge in [0.05, 0.1) is 7.11 Å². The molecule has 0 spiro atoms. The Kier molecular flexibility index (Phi) is 5.48. The minimum Gasteiger partial charge on any atom is -0.480 e. The first-order valence-corrected chi connectivity index (χ1v) is 9.52. The van der Waals surface area contributed by atoms with Crippen molar-refractivity contribution < 1.29 is 9.53 Å². The van der Waals surface area contributed by atoms with Gasteiger partial charge in [0.1, 0.15) is 0 Å². The number of hydrogen-bond acceptors (Lipinski definition) is 6. The number of fused-ring (bicyclic) bond motifs is 1. The highest BCUT2D eigenvalue weighted by Gasteiger charge is 2.21. The van der Waals surface area contributed by atoms with Crippen molar-refractivity contribution in [1.82, 2.24) is 29.6 Å². The molecule has 1 amide bonds. The molecule has 1 saturated heterocycles. The number of nitrogens with zero attached hydrogens (tertiary/aromatic N) is 6. The first kappa shape index (κ1) is 18.4. The fourth-order valence-corrected chi connectivity index (χ4v) is 3.46. The van der Waals surface area contributed by atoms with E-state index < -0.39 is 0 Å². The molecule has 2 aromatic heterocycles. The molecular formula is C20H24N6O2. The van der Waals surface area contributed by atoms with Crippen LogP contribution in [-0.4, -0.2) is 68.8 Å². The zero-order valence-corrected chi connectivity index (χ0v) is 16.0. The maximum Gasteiger partial charge on any atom is 0.231 e. The molecule has 3 heterocycles. The molecule has 0 aliphatic carbocycles. The van der Waals surface area contributed by atoms with Crippen LogP contribution in [0.4, 0.5) is 0 Å². The molecule has 1 aliphatic rings. The summed E-state index contributed by atoms with van der Waals surface area (Å²) in [6, 6.07) is 14.0. The van der Waals surface area contributed by atoms with Gasteiger partial charge in [-0.3, -0.25) is 9.69 Å². The fourth-order valence-electron chi connectivity index (χ4n) is 3.46. The van der Waals surface area contributed by atoms with E-state index in [-0.39, 0.29) is 5.91 Å². The molecule has 0 atom stereocenters. The lowest BCUT2D eigenvalue weighted by Gasteiger charge is -2.34. The number of rotatable bonds is 6. The topological polar surface area (TPSA) is 75.9 Å². The van der Waals surface area contributed by atoms with Crippen molar-refractivity contribution in [2.45, 2.75) is 19.4 Å². The minimum atomic E-state index is 0.152. The third-order valence-electron chi connectivity index (χ3n) is 5.05. The van der Waals surface area contributed by atoms with E-state index in [0.29, 0.717) is 30.2 Å². The number of hydrogen-bond donors (Lipinski definition) is 0. The van der Waals surface area contributed by atoms with Crippen molar-refractivity contribution in [2.75, 3.05) is 33.3 Å². The standard InChI is InChI=1S/C20H24N6O2/c1-28-19-9-7-17-21-22-18(26(17)23-19)8-10-20(27)25-13-11-24(12-14-25)15-16-5-3-2-4-6-16/h2-7,9H,8,10-15H2,1H3. The Morgan fingerprint density at radius 2 is 1.82 bits per heavy atom. The lowest BCUT2D eigenvalue weighted by molar-refractivity contribution is -0.133. The zero-order valence-electron chi connectivity index (χ0n) is 16.0. The number of carbonyl (C=O) groups is 1. The van der Waals surface area contributed by atoms with Crippen LogP contribution in [0.3, 0.4) is 0 Å². The molecule has 0 unspecified atom stereocenters. The molecule has 0 bridgehead atoms. The van der Waals surface area contributed by atoms with Crippen molar-refractivity contribution in [1.29, 1.82) is 0 Å². The van der Waals surface area contributed by atoms with Crippen LogP contribution in [0.2, 0.25) is 0 Å². The maximum absolute atomic E-state index is 12.6. The van der Waals surface area contributed by atoms with Crippen molar-refractivity contribution in [3.8, 4) is 5.88 Å². The molecule has 1 aromatic carbocycles. The Hall–Kier alpha value is -3.00. The average Bonchev–Trinajstić information content (AvgIpc) is 3.15. The first-order valence-electron chi connectivity index (χ1n) is 9.52. The highest BCUT2D eigenvalue weighted by molar-refractivity contribution is 5.76. The van der Waals surface area contributed by atoms with Crippen LogP contribution in [0.25, 0.3) is 5.65 Å². The third-order valence-corrected chi connectivity index (χ3v) is 5.05. The van der Waals surface area contributed by atoms with Crippen LogP contribution < -0.4 is 4.74 Å². The average molecular weight is 380 g/mol. The molecule has 146 valence electrons. The summed E-state index contributed by atoms with van der Waals surface area (Å²) >= 11 is 0. The van der Waals surface area contributed by atoms with Gasteiger partial charge in [0.2, 0.25) is 11.8 Å². The van der Waals surface area contributed by atoms with Crippen LogP contribution in [0, 0.1) is 0 Å². The summed E-state index contributed by atoms with van der Waals surface area (Å²) in [6.07, 6.45) is 0.906. The summed E-state index contributed by atoms with van der Waals surface area (Å²) in [4.78, 5) is 17.0. The van der Waals surface area contributed by atoms with Crippen LogP contribution >= 0.6 is 0 Å². The molecule has 8 heteroatoms. The highest BCUT2D eigenvalue weighted by Crippen LogP contribution is 2.12. The second kappa shape index (κ2) is 8.35. The second-order valence-corrected chi connectivity index (χ2v) is 6.90. The number of aromatic nitrogens is 4. The Labute approximate surface area is 163 Å². The van der Waals surface area contributed by atoms with E-state index >= 15 is 0 Å². The predicted molar refractivity (Wildman–Crippen MR) is 104 cm³/mol. The summed E-state index contributed by atoms with van der Waals surface area (Å²) in [5, 5.41) is 12.6. The molecule has 3 aromatic rings. The Balaban J connectivity index is 1.29. The van der Waals surface area contributed by atoms with Crippen LogP contribution in [0.15, 0.2) is 42.5 Å². The molecule has 1 aliphatic heterocycles. The molecule has 28 heavy (non-hydrogen) atoms. The van der Waals surface area contributed by atoms with Gasteiger partial charge in [0.25, 0.3) is 0 Å². The molecular weight excluding hydrogens is 356 g/mol. The van der Waals surface area contributed by atoms with Gasteiger partial charge in [-0.25, -0.2) is 0 Å². The van der Waals surface area contributed by atoms with Gasteiger partial charge in [0.15, 0.2) is 11.5 Å². The summed E-state index contributed by atoms with van der Waals surface area (Å²) < 4.78 is 6.80. The van der Waals surface area contributed by atoms with E-state index in [4.69, 9.17) is 4.74 Å². The number of amides is 1. The summed E-state index contributed by atoms with van der Waals surface area (Å²) in [6.45, 7) is 4.25. The van der Waals surface area contributed by atoms with Gasteiger partial charge in [-0.1, -0.05) is 30.3 Å². The number of aryl methyl sites for hydroxylation is 1. The van der Waals surface area contributed by atoms with Crippen LogP contribution in [0.1, 0.15) is 17.8 Å². The zero-order chi connectivity index (χ0) is 19.3. The van der Waals surface area contributed by atoms with E-state index in [1.54, 1.807) is 23.8 Å². The number of benzene rings is 1. The van der Waals surface area contributed by atoms with Crippen LogP contribution in [0.5, 0.6) is 5.88 Å². The van der Waals surface area contributed by atoms with Crippen LogP contribution in [-0.2, 0) is 17.8 Å². The lowest BCUT2D eigenvalue weighted by Crippen LogP contribution is -2.48. The predicted octanol–water partition coefficient (Wildman–Crippen LogP) is 1.41. The van der Waals surface area contributed by atoms with Gasteiger partial charge in [-0.15, -0.1) is 15.3 Å². The number of methoxy groups -OCH3 is 1. The van der Waals surface area contributed by atoms with Gasteiger partial charge >= 0.3 is 0 Å². The monoisotopic (exact) mass is 380 g/mol. The van der Waals surface area contributed by atoms with Crippen molar-refractivity contribution in [2.24, 2.45) is 0 Å². The molecule has 8 nitrogen and oxygen atoms in total. The molecule has 0 N–H and O–H groups in total. The Morgan fingerprint density at radius 1 is 1.04 bits per heavy atom. The number of piperazine rings is 1. The largest absolute Gasteiger partial charge is 0.480 e. The lowest BCUT2D eigenvalue weighted by atomic mass is 10.2. The summed E-state index contributed by atoms with van der Waals surface area (Å²) in [5.41, 5.74) is 1.96. The number of carbonyl (C=O) groups excluding carboxylic acids is 1. The van der Waals surface area contributed by atoms with Gasteiger partial charge in [0, 0.05) is 51.6 Å². The summed E-state index contributed by atoms with van der Waals surface area (Å²) in [7, 11) is 1.57. The normalized spacial score (nSPS) is 15.1. The SMILES string of the molecule is COc1ccc2nnc(CCC(=O)N3CCN(Cc4ccccc4)CC3)n2n1. The van der Waals surface area contributed by atoms with E-state index in [1.165, 1.54) is 5.56 Å². The van der Waals surface area contributed by atoms with Gasteiger partial charge in [-0.05, 0) is 11.6 Å². The maximum atomic E-state index is 12.6. The van der Waals surface area contributed by atoms with E-state index in [9.17, 15) is 4.79 Å². The molecule has 0 saturated carbocycles. The molecule has 4 rings (SSSR count). The number of ether oxygens (including phenoxy) is 1.